The molecule has 0 aromatic carbocycles. The molecule has 0 N–H and O–H groups in total. The molecule has 5 heteroatoms. The van der Waals surface area contributed by atoms with Gasteiger partial charge in [0.2, 0.25) is 0 Å². The van der Waals surface area contributed by atoms with Gasteiger partial charge in [0.05, 0.1) is 0 Å². The second-order valence-electron chi connectivity index (χ2n) is 2.64. The monoisotopic (exact) mass is 278 g/mol. The Labute approximate surface area is 106 Å². The van der Waals surface area contributed by atoms with Crippen LogP contribution in [-0.4, -0.2) is 26.4 Å². The van der Waals surface area contributed by atoms with Gasteiger partial charge in [0.1, 0.15) is 0 Å². The molecular formula is C8H16Cl2O2Zn. The maximum atomic E-state index is 4.94. The van der Waals surface area contributed by atoms with Crippen molar-refractivity contribution in [3.8, 4) is 0 Å². The molecule has 76 valence electrons. The minimum Gasteiger partial charge on any atom is -1.00 e. The summed E-state index contributed by atoms with van der Waals surface area (Å²) in [7, 11) is 0. The van der Waals surface area contributed by atoms with E-state index in [1.54, 1.807) is 0 Å². The van der Waals surface area contributed by atoms with Crippen LogP contribution in [0.3, 0.4) is 0 Å². The summed E-state index contributed by atoms with van der Waals surface area (Å²) in [6.45, 7) is 4.00. The summed E-state index contributed by atoms with van der Waals surface area (Å²) in [5, 5.41) is 0. The summed E-state index contributed by atoms with van der Waals surface area (Å²) in [6, 6.07) is 0. The van der Waals surface area contributed by atoms with E-state index in [4.69, 9.17) is 9.47 Å². The zero-order valence-electron chi connectivity index (χ0n) is 7.94. The van der Waals surface area contributed by atoms with Crippen LogP contribution < -0.4 is 24.8 Å². The minimum absolute atomic E-state index is 0. The first-order valence-electron chi connectivity index (χ1n) is 4.15. The Balaban J connectivity index is -0.000000125. The van der Waals surface area contributed by atoms with E-state index in [0.717, 1.165) is 26.4 Å². The third-order valence-corrected chi connectivity index (χ3v) is 1.65. The second kappa shape index (κ2) is 15.6. The van der Waals surface area contributed by atoms with Crippen LogP contribution in [0.4, 0.5) is 0 Å². The molecule has 2 rings (SSSR count). The molecule has 0 aromatic heterocycles. The first kappa shape index (κ1) is 19.7. The molecule has 2 fully saturated rings. The van der Waals surface area contributed by atoms with Crippen molar-refractivity contribution in [1.29, 1.82) is 0 Å². The smallest absolute Gasteiger partial charge is 1.00 e. The molecule has 2 nitrogen and oxygen atoms in total. The summed E-state index contributed by atoms with van der Waals surface area (Å²) in [5.74, 6) is 0. The molecule has 2 aliphatic heterocycles. The zero-order valence-corrected chi connectivity index (χ0v) is 12.4. The van der Waals surface area contributed by atoms with Crippen LogP contribution in [0.1, 0.15) is 25.7 Å². The van der Waals surface area contributed by atoms with Gasteiger partial charge in [0.15, 0.2) is 0 Å². The van der Waals surface area contributed by atoms with E-state index >= 15 is 0 Å². The molecule has 2 heterocycles. The standard InChI is InChI=1S/2C4H8O.2ClH.Zn/c2*1-2-4-5-3-1;;;/h2*1-4H2;2*1H;/q;;;;+2/p-2. The largest absolute Gasteiger partial charge is 2.00 e. The normalized spacial score (nSPS) is 18.5. The number of rotatable bonds is 0. The van der Waals surface area contributed by atoms with Gasteiger partial charge in [0.25, 0.3) is 0 Å². The van der Waals surface area contributed by atoms with Crippen molar-refractivity contribution in [2.75, 3.05) is 26.4 Å². The Hall–Kier alpha value is 1.12. The summed E-state index contributed by atoms with van der Waals surface area (Å²) in [6.07, 6.45) is 5.11. The first-order valence-corrected chi connectivity index (χ1v) is 4.15. The fraction of sp³-hybridized carbons (Fsp3) is 1.00. The molecule has 0 bridgehead atoms. The third kappa shape index (κ3) is 13.1. The summed E-state index contributed by atoms with van der Waals surface area (Å²) < 4.78 is 9.89. The van der Waals surface area contributed by atoms with Crippen molar-refractivity contribution in [3.63, 3.8) is 0 Å². The van der Waals surface area contributed by atoms with E-state index in [0.29, 0.717) is 0 Å². The van der Waals surface area contributed by atoms with Crippen LogP contribution in [0.25, 0.3) is 0 Å². The molecular weight excluding hydrogens is 264 g/mol. The number of hydrogen-bond acceptors (Lipinski definition) is 2. The van der Waals surface area contributed by atoms with Crippen molar-refractivity contribution < 1.29 is 53.8 Å². The van der Waals surface area contributed by atoms with E-state index in [2.05, 4.69) is 0 Å². The van der Waals surface area contributed by atoms with Crippen molar-refractivity contribution in [1.82, 2.24) is 0 Å². The summed E-state index contributed by atoms with van der Waals surface area (Å²) >= 11 is 0. The Kier molecular flexibility index (Phi) is 23.6. The number of ether oxygens (including phenoxy) is 2. The molecule has 0 unspecified atom stereocenters. The Bertz CT molecular complexity index is 53.3. The second-order valence-corrected chi connectivity index (χ2v) is 2.64. The fourth-order valence-corrected chi connectivity index (χ4v) is 1.02. The van der Waals surface area contributed by atoms with Gasteiger partial charge in [-0.3, -0.25) is 0 Å². The van der Waals surface area contributed by atoms with Gasteiger partial charge in [-0.1, -0.05) is 0 Å². The van der Waals surface area contributed by atoms with Gasteiger partial charge < -0.3 is 34.3 Å². The molecule has 2 saturated heterocycles. The van der Waals surface area contributed by atoms with Gasteiger partial charge in [0, 0.05) is 26.4 Å². The number of halogens is 2. The number of hydrogen-bond donors (Lipinski definition) is 0. The van der Waals surface area contributed by atoms with E-state index in [1.165, 1.54) is 25.7 Å². The molecule has 0 radical (unpaired) electrons. The molecule has 2 aliphatic rings. The van der Waals surface area contributed by atoms with Crippen LogP contribution in [0.15, 0.2) is 0 Å². The average molecular weight is 281 g/mol. The first-order chi connectivity index (χ1) is 5.00. The van der Waals surface area contributed by atoms with Crippen LogP contribution in [0.2, 0.25) is 0 Å². The third-order valence-electron chi connectivity index (χ3n) is 1.65. The van der Waals surface area contributed by atoms with Crippen molar-refractivity contribution in [3.05, 3.63) is 0 Å². The molecule has 0 amide bonds. The van der Waals surface area contributed by atoms with Gasteiger partial charge in [-0.25, -0.2) is 0 Å². The van der Waals surface area contributed by atoms with Crippen molar-refractivity contribution in [2.24, 2.45) is 0 Å². The summed E-state index contributed by atoms with van der Waals surface area (Å²) in [5.41, 5.74) is 0. The SMILES string of the molecule is C1CCOC1.C1CCOC1.[Cl-].[Cl-].[Zn+2]. The van der Waals surface area contributed by atoms with Crippen molar-refractivity contribution >= 4 is 0 Å². The fourth-order valence-electron chi connectivity index (χ4n) is 1.02. The Morgan fingerprint density at radius 2 is 0.769 bits per heavy atom. The van der Waals surface area contributed by atoms with Crippen LogP contribution in [0, 0.1) is 0 Å². The van der Waals surface area contributed by atoms with Gasteiger partial charge in [-0.15, -0.1) is 0 Å². The molecule has 13 heavy (non-hydrogen) atoms. The maximum absolute atomic E-state index is 4.94. The molecule has 0 spiro atoms. The molecule has 0 saturated carbocycles. The summed E-state index contributed by atoms with van der Waals surface area (Å²) in [4.78, 5) is 0. The average Bonchev–Trinajstić information content (AvgIpc) is 2.67. The minimum atomic E-state index is 0. The predicted octanol–water partition coefficient (Wildman–Crippen LogP) is -4.40. The van der Waals surface area contributed by atoms with Crippen molar-refractivity contribution in [2.45, 2.75) is 25.7 Å². The zero-order chi connectivity index (χ0) is 7.07. The van der Waals surface area contributed by atoms with E-state index in [1.807, 2.05) is 0 Å². The van der Waals surface area contributed by atoms with E-state index in [-0.39, 0.29) is 44.3 Å². The van der Waals surface area contributed by atoms with Gasteiger partial charge in [-0.2, -0.15) is 0 Å². The predicted molar refractivity (Wildman–Crippen MR) is 40.1 cm³/mol. The van der Waals surface area contributed by atoms with E-state index in [9.17, 15) is 0 Å². The Morgan fingerprint density at radius 1 is 0.538 bits per heavy atom. The van der Waals surface area contributed by atoms with Crippen LogP contribution in [0.5, 0.6) is 0 Å². The van der Waals surface area contributed by atoms with Gasteiger partial charge in [-0.05, 0) is 25.7 Å². The topological polar surface area (TPSA) is 18.5 Å². The molecule has 0 atom stereocenters. The maximum Gasteiger partial charge on any atom is 2.00 e. The van der Waals surface area contributed by atoms with Crippen LogP contribution >= 0.6 is 0 Å². The quantitative estimate of drug-likeness (QED) is 0.417. The molecule has 0 aliphatic carbocycles. The molecule has 0 aromatic rings. The Morgan fingerprint density at radius 3 is 0.846 bits per heavy atom. The van der Waals surface area contributed by atoms with Gasteiger partial charge >= 0.3 is 19.5 Å². The van der Waals surface area contributed by atoms with E-state index < -0.39 is 0 Å². The van der Waals surface area contributed by atoms with Crippen LogP contribution in [-0.2, 0) is 29.0 Å².